The zero-order chi connectivity index (χ0) is 17.5. The molecule has 1 aliphatic rings. The number of carbonyl (C=O) groups excluding carboxylic acids is 2. The van der Waals surface area contributed by atoms with E-state index in [2.05, 4.69) is 5.32 Å². The van der Waals surface area contributed by atoms with Crippen molar-refractivity contribution in [3.05, 3.63) is 41.4 Å². The molecule has 1 aromatic rings. The maximum absolute atomic E-state index is 13.4. The van der Waals surface area contributed by atoms with Crippen molar-refractivity contribution in [3.8, 4) is 5.75 Å². The standard InChI is InChI=1S/C17H20FNO5/c1-23-17(22)13(7-11-4-5-15(20)14(18)8-11)9-19-16(21)12-3-2-6-24-10-12/h4-5,8,10,13,20H,2-3,6-7,9H2,1H3,(H,19,21)/t13-/m1/s1. The number of nitrogens with one attached hydrogen (secondary N) is 1. The summed E-state index contributed by atoms with van der Waals surface area (Å²) in [4.78, 5) is 24.0. The molecule has 1 aliphatic heterocycles. The highest BCUT2D eigenvalue weighted by Crippen LogP contribution is 2.19. The predicted octanol–water partition coefficient (Wildman–Crippen LogP) is 1.67. The number of esters is 1. The lowest BCUT2D eigenvalue weighted by atomic mass is 9.98. The van der Waals surface area contributed by atoms with Gasteiger partial charge in [0, 0.05) is 6.54 Å². The van der Waals surface area contributed by atoms with E-state index in [4.69, 9.17) is 9.47 Å². The Bertz CT molecular complexity index is 644. The van der Waals surface area contributed by atoms with Crippen LogP contribution in [0, 0.1) is 11.7 Å². The van der Waals surface area contributed by atoms with Gasteiger partial charge in [-0.15, -0.1) is 0 Å². The number of hydrogen-bond donors (Lipinski definition) is 2. The lowest BCUT2D eigenvalue weighted by molar-refractivity contribution is -0.145. The first-order valence-electron chi connectivity index (χ1n) is 7.65. The van der Waals surface area contributed by atoms with E-state index in [1.54, 1.807) is 0 Å². The molecular formula is C17H20FNO5. The highest BCUT2D eigenvalue weighted by Gasteiger charge is 2.22. The van der Waals surface area contributed by atoms with E-state index >= 15 is 0 Å². The molecule has 0 fully saturated rings. The van der Waals surface area contributed by atoms with Gasteiger partial charge in [-0.3, -0.25) is 9.59 Å². The van der Waals surface area contributed by atoms with Gasteiger partial charge in [0.05, 0.1) is 31.5 Å². The maximum Gasteiger partial charge on any atom is 0.310 e. The van der Waals surface area contributed by atoms with Gasteiger partial charge in [0.25, 0.3) is 0 Å². The summed E-state index contributed by atoms with van der Waals surface area (Å²) in [6.07, 6.45) is 3.01. The number of halogens is 1. The molecule has 0 aromatic heterocycles. The highest BCUT2D eigenvalue weighted by molar-refractivity contribution is 5.93. The molecule has 7 heteroatoms. The number of hydrogen-bond acceptors (Lipinski definition) is 5. The third-order valence-corrected chi connectivity index (χ3v) is 3.76. The Morgan fingerprint density at radius 2 is 2.25 bits per heavy atom. The topological polar surface area (TPSA) is 84.9 Å². The maximum atomic E-state index is 13.4. The summed E-state index contributed by atoms with van der Waals surface area (Å²) in [6.45, 7) is 0.652. The molecule has 2 N–H and O–H groups in total. The van der Waals surface area contributed by atoms with Gasteiger partial charge in [-0.05, 0) is 37.0 Å². The monoisotopic (exact) mass is 337 g/mol. The van der Waals surface area contributed by atoms with Crippen LogP contribution in [0.4, 0.5) is 4.39 Å². The van der Waals surface area contributed by atoms with Gasteiger partial charge in [0.2, 0.25) is 5.91 Å². The number of methoxy groups -OCH3 is 1. The van der Waals surface area contributed by atoms with Crippen molar-refractivity contribution in [2.24, 2.45) is 5.92 Å². The molecule has 1 amide bonds. The quantitative estimate of drug-likeness (QED) is 0.772. The molecule has 0 spiro atoms. The van der Waals surface area contributed by atoms with E-state index in [0.29, 0.717) is 24.2 Å². The smallest absolute Gasteiger partial charge is 0.310 e. The molecule has 0 unspecified atom stereocenters. The number of amides is 1. The van der Waals surface area contributed by atoms with Gasteiger partial charge in [0.15, 0.2) is 11.6 Å². The molecule has 1 heterocycles. The molecule has 0 saturated carbocycles. The zero-order valence-corrected chi connectivity index (χ0v) is 13.4. The lowest BCUT2D eigenvalue weighted by Gasteiger charge is -2.18. The summed E-state index contributed by atoms with van der Waals surface area (Å²) < 4.78 is 23.3. The van der Waals surface area contributed by atoms with Crippen LogP contribution in [-0.4, -0.2) is 37.2 Å². The largest absolute Gasteiger partial charge is 0.505 e. The Morgan fingerprint density at radius 3 is 2.88 bits per heavy atom. The van der Waals surface area contributed by atoms with Crippen LogP contribution in [0.5, 0.6) is 5.75 Å². The molecular weight excluding hydrogens is 317 g/mol. The van der Waals surface area contributed by atoms with E-state index < -0.39 is 23.5 Å². The minimum atomic E-state index is -0.760. The van der Waals surface area contributed by atoms with Crippen LogP contribution >= 0.6 is 0 Å². The number of carbonyl (C=O) groups is 2. The van der Waals surface area contributed by atoms with Gasteiger partial charge in [-0.1, -0.05) is 6.07 Å². The van der Waals surface area contributed by atoms with Crippen LogP contribution in [0.25, 0.3) is 0 Å². The van der Waals surface area contributed by atoms with E-state index in [1.165, 1.54) is 25.5 Å². The molecule has 2 rings (SSSR count). The molecule has 0 radical (unpaired) electrons. The fraction of sp³-hybridized carbons (Fsp3) is 0.412. The van der Waals surface area contributed by atoms with E-state index in [-0.39, 0.29) is 18.9 Å². The summed E-state index contributed by atoms with van der Waals surface area (Å²) in [5, 5.41) is 11.9. The molecule has 0 bridgehead atoms. The summed E-state index contributed by atoms with van der Waals surface area (Å²) in [5.41, 5.74) is 1.05. The molecule has 1 aromatic carbocycles. The van der Waals surface area contributed by atoms with Gasteiger partial charge in [-0.2, -0.15) is 0 Å². The number of aromatic hydroxyl groups is 1. The Kier molecular flexibility index (Phi) is 6.17. The number of benzene rings is 1. The van der Waals surface area contributed by atoms with Gasteiger partial charge >= 0.3 is 5.97 Å². The van der Waals surface area contributed by atoms with Gasteiger partial charge in [0.1, 0.15) is 0 Å². The Labute approximate surface area is 139 Å². The van der Waals surface area contributed by atoms with Crippen LogP contribution in [0.1, 0.15) is 18.4 Å². The number of phenols is 1. The molecule has 24 heavy (non-hydrogen) atoms. The Hall–Kier alpha value is -2.57. The molecule has 1 atom stereocenters. The van der Waals surface area contributed by atoms with Crippen LogP contribution in [0.2, 0.25) is 0 Å². The fourth-order valence-corrected chi connectivity index (χ4v) is 2.43. The first-order valence-corrected chi connectivity index (χ1v) is 7.65. The van der Waals surface area contributed by atoms with Crippen LogP contribution < -0.4 is 5.32 Å². The lowest BCUT2D eigenvalue weighted by Crippen LogP contribution is -2.35. The normalized spacial score (nSPS) is 15.0. The first kappa shape index (κ1) is 17.8. The first-order chi connectivity index (χ1) is 11.5. The van der Waals surface area contributed by atoms with Crippen molar-refractivity contribution in [2.45, 2.75) is 19.3 Å². The molecule has 0 aliphatic carbocycles. The average Bonchev–Trinajstić information content (AvgIpc) is 2.61. The predicted molar refractivity (Wildman–Crippen MR) is 83.6 cm³/mol. The third-order valence-electron chi connectivity index (χ3n) is 3.76. The van der Waals surface area contributed by atoms with E-state index in [9.17, 15) is 19.1 Å². The van der Waals surface area contributed by atoms with Crippen molar-refractivity contribution < 1.29 is 28.6 Å². The zero-order valence-electron chi connectivity index (χ0n) is 13.4. The van der Waals surface area contributed by atoms with Gasteiger partial charge < -0.3 is 19.9 Å². The van der Waals surface area contributed by atoms with Gasteiger partial charge in [-0.25, -0.2) is 4.39 Å². The van der Waals surface area contributed by atoms with Crippen molar-refractivity contribution in [1.29, 1.82) is 0 Å². The second kappa shape index (κ2) is 8.33. The molecule has 6 nitrogen and oxygen atoms in total. The van der Waals surface area contributed by atoms with Crippen LogP contribution in [0.15, 0.2) is 30.0 Å². The van der Waals surface area contributed by atoms with Crippen molar-refractivity contribution in [1.82, 2.24) is 5.32 Å². The summed E-state index contributed by atoms with van der Waals surface area (Å²) in [7, 11) is 1.26. The van der Waals surface area contributed by atoms with E-state index in [1.807, 2.05) is 0 Å². The minimum Gasteiger partial charge on any atom is -0.505 e. The third kappa shape index (κ3) is 4.71. The fourth-order valence-electron chi connectivity index (χ4n) is 2.43. The Balaban J connectivity index is 2.00. The van der Waals surface area contributed by atoms with E-state index in [0.717, 1.165) is 12.5 Å². The highest BCUT2D eigenvalue weighted by atomic mass is 19.1. The SMILES string of the molecule is COC(=O)[C@@H](CNC(=O)C1=COCCC1)Cc1ccc(O)c(F)c1. The summed E-state index contributed by atoms with van der Waals surface area (Å²) in [6, 6.07) is 3.90. The summed E-state index contributed by atoms with van der Waals surface area (Å²) in [5.74, 6) is -2.67. The molecule has 0 saturated heterocycles. The second-order valence-electron chi connectivity index (χ2n) is 5.54. The van der Waals surface area contributed by atoms with Crippen LogP contribution in [-0.2, 0) is 25.5 Å². The minimum absolute atomic E-state index is 0.0609. The van der Waals surface area contributed by atoms with Crippen molar-refractivity contribution in [3.63, 3.8) is 0 Å². The average molecular weight is 337 g/mol. The molecule has 130 valence electrons. The number of phenolic OH excluding ortho intramolecular Hbond substituents is 1. The number of rotatable bonds is 6. The number of ether oxygens (including phenoxy) is 2. The van der Waals surface area contributed by atoms with Crippen molar-refractivity contribution in [2.75, 3.05) is 20.3 Å². The Morgan fingerprint density at radius 1 is 1.46 bits per heavy atom. The van der Waals surface area contributed by atoms with Crippen LogP contribution in [0.3, 0.4) is 0 Å². The van der Waals surface area contributed by atoms with Crippen molar-refractivity contribution >= 4 is 11.9 Å². The second-order valence-corrected chi connectivity index (χ2v) is 5.54. The summed E-state index contributed by atoms with van der Waals surface area (Å²) >= 11 is 0.